The van der Waals surface area contributed by atoms with Gasteiger partial charge in [-0.3, -0.25) is 0 Å². The first-order valence-corrected chi connectivity index (χ1v) is 8.70. The number of nitrogens with one attached hydrogen (secondary N) is 2. The molecule has 0 aromatic carbocycles. The molecule has 0 amide bonds. The number of aromatic amines is 1. The number of H-pyrrole nitrogens is 1. The third-order valence-electron chi connectivity index (χ3n) is 4.05. The Morgan fingerprint density at radius 1 is 1.28 bits per heavy atom. The number of hydrogen-bond acceptors (Lipinski definition) is 4. The molecular formula is C19H24ClN5. The van der Waals surface area contributed by atoms with Gasteiger partial charge in [0.15, 0.2) is 0 Å². The maximum Gasteiger partial charge on any atom is 0.137 e. The van der Waals surface area contributed by atoms with E-state index in [0.717, 1.165) is 41.1 Å². The van der Waals surface area contributed by atoms with Gasteiger partial charge in [-0.25, -0.2) is 9.97 Å². The lowest BCUT2D eigenvalue weighted by molar-refractivity contribution is 0.254. The van der Waals surface area contributed by atoms with Gasteiger partial charge in [0, 0.05) is 36.4 Å². The van der Waals surface area contributed by atoms with Gasteiger partial charge >= 0.3 is 0 Å². The van der Waals surface area contributed by atoms with Crippen LogP contribution in [-0.2, 0) is 0 Å². The van der Waals surface area contributed by atoms with E-state index in [9.17, 15) is 0 Å². The van der Waals surface area contributed by atoms with Crippen LogP contribution in [0.15, 0.2) is 36.7 Å². The predicted molar refractivity (Wildman–Crippen MR) is 105 cm³/mol. The average molecular weight is 358 g/mol. The quantitative estimate of drug-likeness (QED) is 0.646. The second kappa shape index (κ2) is 7.02. The number of aromatic nitrogens is 3. The highest BCUT2D eigenvalue weighted by Crippen LogP contribution is 2.30. The smallest absolute Gasteiger partial charge is 0.137 e. The summed E-state index contributed by atoms with van der Waals surface area (Å²) in [5.41, 5.74) is 3.08. The van der Waals surface area contributed by atoms with Gasteiger partial charge in [-0.2, -0.15) is 0 Å². The molecule has 0 aliphatic carbocycles. The van der Waals surface area contributed by atoms with Gasteiger partial charge in [-0.1, -0.05) is 25.4 Å². The highest BCUT2D eigenvalue weighted by Gasteiger charge is 2.19. The Kier molecular flexibility index (Phi) is 4.97. The normalized spacial score (nSPS) is 12.1. The fourth-order valence-corrected chi connectivity index (χ4v) is 3.39. The second-order valence-electron chi connectivity index (χ2n) is 7.42. The van der Waals surface area contributed by atoms with Crippen molar-refractivity contribution in [1.29, 1.82) is 0 Å². The minimum absolute atomic E-state index is 0.123. The molecule has 0 bridgehead atoms. The van der Waals surface area contributed by atoms with Crippen LogP contribution < -0.4 is 5.32 Å². The number of halogens is 1. The van der Waals surface area contributed by atoms with E-state index in [1.165, 1.54) is 0 Å². The minimum atomic E-state index is 0.123. The fraction of sp³-hybridized carbons (Fsp3) is 0.368. The standard InChI is InChI=1S/C19H24ClN5/c1-19(2,12-25(3)4)11-23-17-9-13(8-16(20)24-17)15-10-22-18-14(15)6-5-7-21-18/h5-10H,11-12H2,1-4H3,(H,21,22)(H,23,24). The van der Waals surface area contributed by atoms with Crippen molar-refractivity contribution in [3.63, 3.8) is 0 Å². The van der Waals surface area contributed by atoms with Gasteiger partial charge in [0.2, 0.25) is 0 Å². The second-order valence-corrected chi connectivity index (χ2v) is 7.81. The summed E-state index contributed by atoms with van der Waals surface area (Å²) in [5, 5.41) is 4.98. The molecule has 0 saturated carbocycles. The zero-order valence-corrected chi connectivity index (χ0v) is 15.9. The van der Waals surface area contributed by atoms with Gasteiger partial charge in [0.05, 0.1) is 0 Å². The van der Waals surface area contributed by atoms with E-state index >= 15 is 0 Å². The molecule has 25 heavy (non-hydrogen) atoms. The number of pyridine rings is 2. The Hall–Kier alpha value is -2.11. The van der Waals surface area contributed by atoms with Crippen molar-refractivity contribution in [2.45, 2.75) is 13.8 Å². The van der Waals surface area contributed by atoms with Crippen molar-refractivity contribution < 1.29 is 0 Å². The van der Waals surface area contributed by atoms with Crippen LogP contribution in [0.4, 0.5) is 5.82 Å². The molecule has 0 atom stereocenters. The first kappa shape index (κ1) is 17.7. The lowest BCUT2D eigenvalue weighted by Gasteiger charge is -2.28. The largest absolute Gasteiger partial charge is 0.369 e. The van der Waals surface area contributed by atoms with Crippen molar-refractivity contribution in [2.75, 3.05) is 32.5 Å². The number of fused-ring (bicyclic) bond motifs is 1. The van der Waals surface area contributed by atoms with E-state index in [4.69, 9.17) is 11.6 Å². The number of anilines is 1. The molecule has 0 saturated heterocycles. The Morgan fingerprint density at radius 2 is 2.08 bits per heavy atom. The highest BCUT2D eigenvalue weighted by atomic mass is 35.5. The molecule has 6 heteroatoms. The topological polar surface area (TPSA) is 56.8 Å². The van der Waals surface area contributed by atoms with Crippen LogP contribution in [0.25, 0.3) is 22.2 Å². The summed E-state index contributed by atoms with van der Waals surface area (Å²) in [7, 11) is 4.17. The molecule has 3 aromatic heterocycles. The van der Waals surface area contributed by atoms with E-state index in [1.54, 1.807) is 6.20 Å². The van der Waals surface area contributed by atoms with Crippen LogP contribution in [0, 0.1) is 5.41 Å². The van der Waals surface area contributed by atoms with Gasteiger partial charge in [0.1, 0.15) is 16.6 Å². The van der Waals surface area contributed by atoms with E-state index in [0.29, 0.717) is 5.15 Å². The van der Waals surface area contributed by atoms with Crippen LogP contribution in [0.5, 0.6) is 0 Å². The van der Waals surface area contributed by atoms with Crippen molar-refractivity contribution in [2.24, 2.45) is 5.41 Å². The maximum absolute atomic E-state index is 6.27. The summed E-state index contributed by atoms with van der Waals surface area (Å²) < 4.78 is 0. The molecule has 132 valence electrons. The van der Waals surface area contributed by atoms with E-state index in [2.05, 4.69) is 59.2 Å². The SMILES string of the molecule is CN(C)CC(C)(C)CNc1cc(-c2c[nH]c3ncccc23)cc(Cl)n1. The van der Waals surface area contributed by atoms with Crippen molar-refractivity contribution in [3.05, 3.63) is 41.8 Å². The van der Waals surface area contributed by atoms with Gasteiger partial charge in [0.25, 0.3) is 0 Å². The molecule has 0 aliphatic rings. The first-order valence-electron chi connectivity index (χ1n) is 8.33. The van der Waals surface area contributed by atoms with Crippen molar-refractivity contribution in [1.82, 2.24) is 19.9 Å². The maximum atomic E-state index is 6.27. The zero-order valence-electron chi connectivity index (χ0n) is 15.1. The summed E-state index contributed by atoms with van der Waals surface area (Å²) >= 11 is 6.27. The van der Waals surface area contributed by atoms with Crippen molar-refractivity contribution >= 4 is 28.5 Å². The molecule has 0 aliphatic heterocycles. The molecule has 3 heterocycles. The molecule has 3 rings (SSSR count). The lowest BCUT2D eigenvalue weighted by atomic mass is 9.93. The summed E-state index contributed by atoms with van der Waals surface area (Å²) in [5.74, 6) is 0.785. The Balaban J connectivity index is 1.86. The zero-order chi connectivity index (χ0) is 18.0. The average Bonchev–Trinajstić information content (AvgIpc) is 2.95. The number of hydrogen-bond donors (Lipinski definition) is 2. The molecule has 2 N–H and O–H groups in total. The Morgan fingerprint density at radius 3 is 2.84 bits per heavy atom. The molecular weight excluding hydrogens is 334 g/mol. The lowest BCUT2D eigenvalue weighted by Crippen LogP contribution is -2.34. The summed E-state index contributed by atoms with van der Waals surface area (Å²) in [4.78, 5) is 14.2. The van der Waals surface area contributed by atoms with E-state index < -0.39 is 0 Å². The Bertz CT molecular complexity index is 869. The third kappa shape index (κ3) is 4.30. The fourth-order valence-electron chi connectivity index (χ4n) is 3.18. The summed E-state index contributed by atoms with van der Waals surface area (Å²) in [6.07, 6.45) is 3.74. The molecule has 0 radical (unpaired) electrons. The molecule has 0 spiro atoms. The van der Waals surface area contributed by atoms with E-state index in [-0.39, 0.29) is 5.41 Å². The first-order chi connectivity index (χ1) is 11.8. The monoisotopic (exact) mass is 357 g/mol. The minimum Gasteiger partial charge on any atom is -0.369 e. The van der Waals surface area contributed by atoms with Crippen LogP contribution in [-0.4, -0.2) is 47.0 Å². The molecule has 5 nitrogen and oxygen atoms in total. The van der Waals surface area contributed by atoms with Crippen LogP contribution in [0.1, 0.15) is 13.8 Å². The highest BCUT2D eigenvalue weighted by molar-refractivity contribution is 6.29. The van der Waals surface area contributed by atoms with Gasteiger partial charge < -0.3 is 15.2 Å². The summed E-state index contributed by atoms with van der Waals surface area (Å²) in [6.45, 7) is 6.27. The summed E-state index contributed by atoms with van der Waals surface area (Å²) in [6, 6.07) is 7.90. The van der Waals surface area contributed by atoms with Crippen molar-refractivity contribution in [3.8, 4) is 11.1 Å². The number of nitrogens with zero attached hydrogens (tertiary/aromatic N) is 3. The van der Waals surface area contributed by atoms with Gasteiger partial charge in [-0.05, 0) is 49.3 Å². The molecule has 3 aromatic rings. The number of rotatable bonds is 6. The molecule has 0 unspecified atom stereocenters. The van der Waals surface area contributed by atoms with Crippen LogP contribution in [0.3, 0.4) is 0 Å². The predicted octanol–water partition coefficient (Wildman–Crippen LogP) is 4.28. The van der Waals surface area contributed by atoms with Gasteiger partial charge in [-0.15, -0.1) is 0 Å². The van der Waals surface area contributed by atoms with E-state index in [1.807, 2.05) is 24.4 Å². The molecule has 0 fully saturated rings. The third-order valence-corrected chi connectivity index (χ3v) is 4.24. The van der Waals surface area contributed by atoms with Crippen LogP contribution in [0.2, 0.25) is 5.15 Å². The Labute approximate surface area is 153 Å². The van der Waals surface area contributed by atoms with Crippen LogP contribution >= 0.6 is 11.6 Å².